The maximum atomic E-state index is 9.22. The second-order valence-corrected chi connectivity index (χ2v) is 4.17. The largest absolute Gasteiger partial charge is 0.490 e. The first-order valence-electron chi connectivity index (χ1n) is 5.96. The Morgan fingerprint density at radius 3 is 2.59 bits per heavy atom. The van der Waals surface area contributed by atoms with Crippen LogP contribution in [0.25, 0.3) is 0 Å². The van der Waals surface area contributed by atoms with Gasteiger partial charge in [-0.25, -0.2) is 0 Å². The van der Waals surface area contributed by atoms with Crippen molar-refractivity contribution in [2.45, 2.75) is 33.8 Å². The van der Waals surface area contributed by atoms with Gasteiger partial charge in [-0.3, -0.25) is 0 Å². The Hall–Kier alpha value is -1.22. The summed E-state index contributed by atoms with van der Waals surface area (Å²) in [6, 6.07) is 5.73. The molecule has 0 fully saturated rings. The quantitative estimate of drug-likeness (QED) is 0.826. The van der Waals surface area contributed by atoms with Gasteiger partial charge in [0.2, 0.25) is 0 Å². The van der Waals surface area contributed by atoms with E-state index < -0.39 is 0 Å². The molecule has 0 spiro atoms. The average Bonchev–Trinajstić information content (AvgIpc) is 2.30. The summed E-state index contributed by atoms with van der Waals surface area (Å²) in [7, 11) is 0. The summed E-state index contributed by atoms with van der Waals surface area (Å²) in [5, 5.41) is 9.22. The minimum Gasteiger partial charge on any atom is -0.490 e. The molecule has 0 atom stereocenters. The molecule has 3 nitrogen and oxygen atoms in total. The molecular weight excluding hydrogens is 216 g/mol. The molecule has 95 valence electrons. The number of para-hydroxylation sites is 1. The summed E-state index contributed by atoms with van der Waals surface area (Å²) in [5.74, 6) is 2.32. The zero-order chi connectivity index (χ0) is 12.8. The minimum atomic E-state index is 0.0191. The maximum absolute atomic E-state index is 9.22. The molecule has 1 rings (SSSR count). The number of ether oxygens (including phenoxy) is 2. The first kappa shape index (κ1) is 13.8. The third kappa shape index (κ3) is 3.63. The standard InChI is InChI=1S/C14H21O3/c1-5-16-14-12(11(4)9-15)7-6-8-13(14)17-10(2)3/h6-8,10,15H,5,9H2,1-4H3. The van der Waals surface area contributed by atoms with E-state index in [9.17, 15) is 5.11 Å². The van der Waals surface area contributed by atoms with Crippen LogP contribution in [0.2, 0.25) is 0 Å². The Morgan fingerprint density at radius 2 is 2.06 bits per heavy atom. The molecule has 1 N–H and O–H groups in total. The van der Waals surface area contributed by atoms with E-state index in [2.05, 4.69) is 0 Å². The normalized spacial score (nSPS) is 11.0. The molecule has 0 heterocycles. The summed E-state index contributed by atoms with van der Waals surface area (Å²) >= 11 is 0. The third-order valence-corrected chi connectivity index (χ3v) is 2.33. The van der Waals surface area contributed by atoms with Crippen molar-refractivity contribution in [2.24, 2.45) is 0 Å². The molecule has 3 heteroatoms. The van der Waals surface area contributed by atoms with Crippen LogP contribution in [0.3, 0.4) is 0 Å². The fourth-order valence-electron chi connectivity index (χ4n) is 1.58. The van der Waals surface area contributed by atoms with E-state index in [1.807, 2.05) is 45.9 Å². The first-order chi connectivity index (χ1) is 8.10. The molecule has 0 unspecified atom stereocenters. The van der Waals surface area contributed by atoms with Crippen LogP contribution in [-0.4, -0.2) is 24.4 Å². The van der Waals surface area contributed by atoms with Gasteiger partial charge in [0.15, 0.2) is 11.5 Å². The molecule has 0 saturated heterocycles. The molecule has 0 aliphatic carbocycles. The summed E-state index contributed by atoms with van der Waals surface area (Å²) < 4.78 is 11.3. The smallest absolute Gasteiger partial charge is 0.165 e. The van der Waals surface area contributed by atoms with Gasteiger partial charge in [0, 0.05) is 11.5 Å². The molecule has 1 aromatic rings. The molecule has 1 radical (unpaired) electrons. The van der Waals surface area contributed by atoms with Crippen molar-refractivity contribution in [1.29, 1.82) is 0 Å². The molecule has 0 saturated carbocycles. The fraction of sp³-hybridized carbons (Fsp3) is 0.500. The highest BCUT2D eigenvalue weighted by Crippen LogP contribution is 2.35. The van der Waals surface area contributed by atoms with Crippen LogP contribution in [0.4, 0.5) is 0 Å². The lowest BCUT2D eigenvalue weighted by Crippen LogP contribution is -2.10. The van der Waals surface area contributed by atoms with Gasteiger partial charge in [0.05, 0.1) is 19.3 Å². The summed E-state index contributed by atoms with van der Waals surface area (Å²) in [5.41, 5.74) is 0.910. The van der Waals surface area contributed by atoms with Gasteiger partial charge < -0.3 is 14.6 Å². The lowest BCUT2D eigenvalue weighted by Gasteiger charge is -2.19. The van der Waals surface area contributed by atoms with Crippen molar-refractivity contribution < 1.29 is 14.6 Å². The number of aliphatic hydroxyl groups excluding tert-OH is 1. The van der Waals surface area contributed by atoms with Crippen LogP contribution in [0.5, 0.6) is 11.5 Å². The highest BCUT2D eigenvalue weighted by Gasteiger charge is 2.16. The van der Waals surface area contributed by atoms with Gasteiger partial charge in [0.1, 0.15) is 0 Å². The van der Waals surface area contributed by atoms with Crippen LogP contribution >= 0.6 is 0 Å². The van der Waals surface area contributed by atoms with E-state index in [0.29, 0.717) is 6.61 Å². The molecule has 0 amide bonds. The summed E-state index contributed by atoms with van der Waals surface area (Å²) in [4.78, 5) is 0. The van der Waals surface area contributed by atoms with Crippen molar-refractivity contribution in [3.63, 3.8) is 0 Å². The first-order valence-corrected chi connectivity index (χ1v) is 5.96. The SMILES string of the molecule is CCOc1c(OC(C)C)cccc1[C](C)CO. The Balaban J connectivity index is 3.11. The van der Waals surface area contributed by atoms with Crippen molar-refractivity contribution in [2.75, 3.05) is 13.2 Å². The highest BCUT2D eigenvalue weighted by atomic mass is 16.5. The van der Waals surface area contributed by atoms with Gasteiger partial charge in [-0.1, -0.05) is 19.1 Å². The van der Waals surface area contributed by atoms with Crippen molar-refractivity contribution in [3.8, 4) is 11.5 Å². The zero-order valence-corrected chi connectivity index (χ0v) is 11.0. The second-order valence-electron chi connectivity index (χ2n) is 4.17. The monoisotopic (exact) mass is 237 g/mol. The van der Waals surface area contributed by atoms with Crippen molar-refractivity contribution in [3.05, 3.63) is 29.7 Å². The number of benzene rings is 1. The zero-order valence-electron chi connectivity index (χ0n) is 11.0. The van der Waals surface area contributed by atoms with Crippen LogP contribution < -0.4 is 9.47 Å². The number of aliphatic hydroxyl groups is 1. The highest BCUT2D eigenvalue weighted by molar-refractivity contribution is 5.52. The molecular formula is C14H21O3. The predicted molar refractivity (Wildman–Crippen MR) is 68.5 cm³/mol. The van der Waals surface area contributed by atoms with E-state index in [0.717, 1.165) is 23.0 Å². The molecule has 0 bridgehead atoms. The molecule has 0 aromatic heterocycles. The topological polar surface area (TPSA) is 38.7 Å². The predicted octanol–water partition coefficient (Wildman–Crippen LogP) is 2.81. The molecule has 1 aromatic carbocycles. The lowest BCUT2D eigenvalue weighted by atomic mass is 10.0. The average molecular weight is 237 g/mol. The molecule has 17 heavy (non-hydrogen) atoms. The Labute approximate surface area is 103 Å². The van der Waals surface area contributed by atoms with Crippen LogP contribution in [0.1, 0.15) is 33.3 Å². The summed E-state index contributed by atoms with van der Waals surface area (Å²) in [6.45, 7) is 8.37. The number of rotatable bonds is 6. The van der Waals surface area contributed by atoms with Gasteiger partial charge in [-0.05, 0) is 26.8 Å². The van der Waals surface area contributed by atoms with Gasteiger partial charge in [-0.2, -0.15) is 0 Å². The number of hydrogen-bond acceptors (Lipinski definition) is 3. The van der Waals surface area contributed by atoms with E-state index >= 15 is 0 Å². The Bertz CT molecular complexity index is 347. The third-order valence-electron chi connectivity index (χ3n) is 2.33. The van der Waals surface area contributed by atoms with E-state index in [1.165, 1.54) is 0 Å². The van der Waals surface area contributed by atoms with Crippen LogP contribution in [0.15, 0.2) is 18.2 Å². The van der Waals surface area contributed by atoms with E-state index in [4.69, 9.17) is 9.47 Å². The maximum Gasteiger partial charge on any atom is 0.165 e. The van der Waals surface area contributed by atoms with E-state index in [-0.39, 0.29) is 12.7 Å². The van der Waals surface area contributed by atoms with Crippen LogP contribution in [-0.2, 0) is 0 Å². The Kier molecular flexibility index (Phi) is 5.29. The fourth-order valence-corrected chi connectivity index (χ4v) is 1.58. The van der Waals surface area contributed by atoms with Gasteiger partial charge in [0.25, 0.3) is 0 Å². The van der Waals surface area contributed by atoms with E-state index in [1.54, 1.807) is 0 Å². The second kappa shape index (κ2) is 6.50. The van der Waals surface area contributed by atoms with Gasteiger partial charge in [-0.15, -0.1) is 0 Å². The molecule has 0 aliphatic heterocycles. The van der Waals surface area contributed by atoms with Gasteiger partial charge >= 0.3 is 0 Å². The van der Waals surface area contributed by atoms with Crippen LogP contribution in [0, 0.1) is 5.92 Å². The summed E-state index contributed by atoms with van der Waals surface area (Å²) in [6.07, 6.45) is 0.0962. The minimum absolute atomic E-state index is 0.0191. The number of hydrogen-bond donors (Lipinski definition) is 1. The lowest BCUT2D eigenvalue weighted by molar-refractivity contribution is 0.222. The molecule has 0 aliphatic rings. The van der Waals surface area contributed by atoms with Crippen molar-refractivity contribution >= 4 is 0 Å². The van der Waals surface area contributed by atoms with Crippen molar-refractivity contribution in [1.82, 2.24) is 0 Å². The Morgan fingerprint density at radius 1 is 1.35 bits per heavy atom.